The zero-order valence-electron chi connectivity index (χ0n) is 11.1. The SMILES string of the molecule is CCCNC(=O)NCC1Cn2cccc2CN1C. The molecule has 0 saturated heterocycles. The number of fused-ring (bicyclic) bond motifs is 1. The summed E-state index contributed by atoms with van der Waals surface area (Å²) in [5.74, 6) is 0. The van der Waals surface area contributed by atoms with E-state index in [1.54, 1.807) is 0 Å². The minimum Gasteiger partial charge on any atom is -0.349 e. The van der Waals surface area contributed by atoms with Crippen LogP contribution in [0.2, 0.25) is 0 Å². The summed E-state index contributed by atoms with van der Waals surface area (Å²) in [5, 5.41) is 5.76. The van der Waals surface area contributed by atoms with E-state index >= 15 is 0 Å². The summed E-state index contributed by atoms with van der Waals surface area (Å²) in [6.45, 7) is 5.34. The van der Waals surface area contributed by atoms with Crippen molar-refractivity contribution in [2.75, 3.05) is 20.1 Å². The Bertz CT molecular complexity index is 401. The van der Waals surface area contributed by atoms with Gasteiger partial charge in [-0.25, -0.2) is 4.79 Å². The molecule has 1 aliphatic rings. The van der Waals surface area contributed by atoms with Gasteiger partial charge < -0.3 is 15.2 Å². The van der Waals surface area contributed by atoms with E-state index in [0.717, 1.165) is 26.1 Å². The van der Waals surface area contributed by atoms with Gasteiger partial charge in [-0.05, 0) is 25.6 Å². The van der Waals surface area contributed by atoms with Gasteiger partial charge in [0.05, 0.1) is 0 Å². The highest BCUT2D eigenvalue weighted by Gasteiger charge is 2.22. The van der Waals surface area contributed by atoms with Gasteiger partial charge in [-0.3, -0.25) is 4.90 Å². The minimum atomic E-state index is -0.0662. The standard InChI is InChI=1S/C13H22N4O/c1-3-6-14-13(18)15-8-12-10-17-7-4-5-11(17)9-16(12)2/h4-5,7,12H,3,6,8-10H2,1-2H3,(H2,14,15,18). The van der Waals surface area contributed by atoms with E-state index in [1.807, 2.05) is 6.92 Å². The van der Waals surface area contributed by atoms with Crippen LogP contribution in [0, 0.1) is 0 Å². The zero-order chi connectivity index (χ0) is 13.0. The Labute approximate surface area is 108 Å². The fourth-order valence-electron chi connectivity index (χ4n) is 2.25. The molecule has 2 N–H and O–H groups in total. The van der Waals surface area contributed by atoms with Gasteiger partial charge in [-0.1, -0.05) is 6.92 Å². The summed E-state index contributed by atoms with van der Waals surface area (Å²) in [6, 6.07) is 4.52. The predicted molar refractivity (Wildman–Crippen MR) is 71.4 cm³/mol. The third kappa shape index (κ3) is 3.04. The fourth-order valence-corrected chi connectivity index (χ4v) is 2.25. The van der Waals surface area contributed by atoms with Crippen LogP contribution < -0.4 is 10.6 Å². The average Bonchev–Trinajstić information content (AvgIpc) is 2.80. The van der Waals surface area contributed by atoms with E-state index in [2.05, 4.69) is 45.5 Å². The van der Waals surface area contributed by atoms with Gasteiger partial charge in [0.25, 0.3) is 0 Å². The molecule has 0 bridgehead atoms. The number of urea groups is 1. The van der Waals surface area contributed by atoms with Crippen molar-refractivity contribution in [1.82, 2.24) is 20.1 Å². The molecule has 100 valence electrons. The number of nitrogens with one attached hydrogen (secondary N) is 2. The molecule has 1 aliphatic heterocycles. The highest BCUT2D eigenvalue weighted by molar-refractivity contribution is 5.73. The summed E-state index contributed by atoms with van der Waals surface area (Å²) in [7, 11) is 2.10. The third-order valence-electron chi connectivity index (χ3n) is 3.40. The van der Waals surface area contributed by atoms with Crippen LogP contribution in [0.3, 0.4) is 0 Å². The van der Waals surface area contributed by atoms with E-state index in [1.165, 1.54) is 5.69 Å². The molecular weight excluding hydrogens is 228 g/mol. The van der Waals surface area contributed by atoms with E-state index in [0.29, 0.717) is 12.6 Å². The van der Waals surface area contributed by atoms with Gasteiger partial charge >= 0.3 is 6.03 Å². The number of hydrogen-bond donors (Lipinski definition) is 2. The normalized spacial score (nSPS) is 19.3. The molecule has 0 saturated carbocycles. The first-order valence-corrected chi connectivity index (χ1v) is 6.56. The van der Waals surface area contributed by atoms with E-state index in [4.69, 9.17) is 0 Å². The van der Waals surface area contributed by atoms with Crippen molar-refractivity contribution in [3.8, 4) is 0 Å². The number of carbonyl (C=O) groups excluding carboxylic acids is 1. The Morgan fingerprint density at radius 3 is 3.11 bits per heavy atom. The second-order valence-corrected chi connectivity index (χ2v) is 4.86. The lowest BCUT2D eigenvalue weighted by Gasteiger charge is -2.34. The lowest BCUT2D eigenvalue weighted by Crippen LogP contribution is -2.49. The number of aromatic nitrogens is 1. The molecule has 1 aromatic heterocycles. The Morgan fingerprint density at radius 2 is 2.33 bits per heavy atom. The van der Waals surface area contributed by atoms with Gasteiger partial charge in [-0.15, -0.1) is 0 Å². The van der Waals surface area contributed by atoms with Gasteiger partial charge in [0.2, 0.25) is 0 Å². The summed E-state index contributed by atoms with van der Waals surface area (Å²) in [4.78, 5) is 13.8. The maximum atomic E-state index is 11.5. The third-order valence-corrected chi connectivity index (χ3v) is 3.40. The summed E-state index contributed by atoms with van der Waals surface area (Å²) in [5.41, 5.74) is 1.34. The van der Waals surface area contributed by atoms with Crippen LogP contribution >= 0.6 is 0 Å². The maximum Gasteiger partial charge on any atom is 0.314 e. The van der Waals surface area contributed by atoms with Crippen molar-refractivity contribution in [3.63, 3.8) is 0 Å². The Hall–Kier alpha value is -1.49. The Kier molecular flexibility index (Phi) is 4.25. The average molecular weight is 250 g/mol. The van der Waals surface area contributed by atoms with Crippen LogP contribution in [-0.4, -0.2) is 41.7 Å². The molecule has 2 amide bonds. The molecule has 5 nitrogen and oxygen atoms in total. The van der Waals surface area contributed by atoms with Crippen LogP contribution in [0.15, 0.2) is 18.3 Å². The van der Waals surface area contributed by atoms with Crippen LogP contribution in [-0.2, 0) is 13.1 Å². The lowest BCUT2D eigenvalue weighted by atomic mass is 10.2. The van der Waals surface area contributed by atoms with Gasteiger partial charge in [0, 0.05) is 44.1 Å². The number of likely N-dealkylation sites (N-methyl/N-ethyl adjacent to an activating group) is 1. The molecule has 0 radical (unpaired) electrons. The molecule has 2 rings (SSSR count). The topological polar surface area (TPSA) is 49.3 Å². The maximum absolute atomic E-state index is 11.5. The first-order chi connectivity index (χ1) is 8.70. The number of nitrogens with zero attached hydrogens (tertiary/aromatic N) is 2. The van der Waals surface area contributed by atoms with Crippen molar-refractivity contribution in [2.24, 2.45) is 0 Å². The van der Waals surface area contributed by atoms with Crippen LogP contribution in [0.1, 0.15) is 19.0 Å². The molecule has 1 aromatic rings. The van der Waals surface area contributed by atoms with Crippen molar-refractivity contribution in [2.45, 2.75) is 32.5 Å². The highest BCUT2D eigenvalue weighted by Crippen LogP contribution is 2.15. The fraction of sp³-hybridized carbons (Fsp3) is 0.615. The largest absolute Gasteiger partial charge is 0.349 e. The number of carbonyl (C=O) groups is 1. The lowest BCUT2D eigenvalue weighted by molar-refractivity contribution is 0.172. The van der Waals surface area contributed by atoms with Crippen LogP contribution in [0.25, 0.3) is 0 Å². The molecular formula is C13H22N4O. The molecule has 2 heterocycles. The Balaban J connectivity index is 1.82. The van der Waals surface area contributed by atoms with Crippen molar-refractivity contribution in [1.29, 1.82) is 0 Å². The van der Waals surface area contributed by atoms with Gasteiger partial charge in [0.15, 0.2) is 0 Å². The van der Waals surface area contributed by atoms with E-state index in [-0.39, 0.29) is 6.03 Å². The van der Waals surface area contributed by atoms with Crippen LogP contribution in [0.4, 0.5) is 4.79 Å². The van der Waals surface area contributed by atoms with E-state index in [9.17, 15) is 4.79 Å². The molecule has 5 heteroatoms. The number of rotatable bonds is 4. The highest BCUT2D eigenvalue weighted by atomic mass is 16.2. The number of amides is 2. The Morgan fingerprint density at radius 1 is 1.50 bits per heavy atom. The summed E-state index contributed by atoms with van der Waals surface area (Å²) >= 11 is 0. The summed E-state index contributed by atoms with van der Waals surface area (Å²) in [6.07, 6.45) is 3.07. The zero-order valence-corrected chi connectivity index (χ0v) is 11.1. The molecule has 0 aromatic carbocycles. The molecule has 0 spiro atoms. The number of hydrogen-bond acceptors (Lipinski definition) is 2. The van der Waals surface area contributed by atoms with E-state index < -0.39 is 0 Å². The molecule has 1 atom stereocenters. The minimum absolute atomic E-state index is 0.0662. The van der Waals surface area contributed by atoms with Crippen LogP contribution in [0.5, 0.6) is 0 Å². The molecule has 0 fully saturated rings. The van der Waals surface area contributed by atoms with Gasteiger partial charge in [0.1, 0.15) is 0 Å². The second-order valence-electron chi connectivity index (χ2n) is 4.86. The quantitative estimate of drug-likeness (QED) is 0.838. The second kappa shape index (κ2) is 5.91. The first kappa shape index (κ1) is 13.0. The molecule has 1 unspecified atom stereocenters. The van der Waals surface area contributed by atoms with Gasteiger partial charge in [-0.2, -0.15) is 0 Å². The predicted octanol–water partition coefficient (Wildman–Crippen LogP) is 1.01. The monoisotopic (exact) mass is 250 g/mol. The van der Waals surface area contributed by atoms with Crippen molar-refractivity contribution in [3.05, 3.63) is 24.0 Å². The van der Waals surface area contributed by atoms with Crippen molar-refractivity contribution >= 4 is 6.03 Å². The summed E-state index contributed by atoms with van der Waals surface area (Å²) < 4.78 is 2.26. The molecule has 0 aliphatic carbocycles. The smallest absolute Gasteiger partial charge is 0.314 e. The van der Waals surface area contributed by atoms with Crippen molar-refractivity contribution < 1.29 is 4.79 Å². The first-order valence-electron chi connectivity index (χ1n) is 6.56. The molecule has 18 heavy (non-hydrogen) atoms.